The molecule has 0 saturated carbocycles. The zero-order valence-electron chi connectivity index (χ0n) is 9.64. The maximum atomic E-state index is 11.6. The monoisotopic (exact) mass is 226 g/mol. The molecule has 6 nitrogen and oxygen atoms in total. The third kappa shape index (κ3) is 4.00. The Morgan fingerprint density at radius 1 is 1.75 bits per heavy atom. The average Bonchev–Trinajstić information content (AvgIpc) is 2.65. The highest BCUT2D eigenvalue weighted by atomic mass is 16.5. The van der Waals surface area contributed by atoms with Gasteiger partial charge in [-0.1, -0.05) is 0 Å². The molecule has 0 fully saturated rings. The lowest BCUT2D eigenvalue weighted by molar-refractivity contribution is 0.0950. The third-order valence-corrected chi connectivity index (χ3v) is 2.15. The molecule has 0 bridgehead atoms. The molecule has 1 heterocycles. The number of methoxy groups -OCH3 is 1. The Morgan fingerprint density at radius 3 is 3.06 bits per heavy atom. The number of aromatic nitrogens is 2. The second-order valence-electron chi connectivity index (χ2n) is 3.66. The number of nitrogens with zero attached hydrogens (tertiary/aromatic N) is 2. The lowest BCUT2D eigenvalue weighted by Crippen LogP contribution is -2.32. The molecule has 0 aliphatic heterocycles. The Bertz CT molecular complexity index is 337. The highest BCUT2D eigenvalue weighted by Crippen LogP contribution is 1.96. The van der Waals surface area contributed by atoms with E-state index < -0.39 is 0 Å². The van der Waals surface area contributed by atoms with Crippen LogP contribution in [0.4, 0.5) is 0 Å². The van der Waals surface area contributed by atoms with Crippen molar-refractivity contribution in [2.75, 3.05) is 20.3 Å². The first-order valence-electron chi connectivity index (χ1n) is 5.15. The molecule has 0 aromatic carbocycles. The van der Waals surface area contributed by atoms with Crippen LogP contribution in [-0.4, -0.2) is 42.0 Å². The van der Waals surface area contributed by atoms with Gasteiger partial charge in [0, 0.05) is 32.9 Å². The third-order valence-electron chi connectivity index (χ3n) is 2.15. The van der Waals surface area contributed by atoms with Crippen LogP contribution in [0.5, 0.6) is 0 Å². The van der Waals surface area contributed by atoms with Gasteiger partial charge in [-0.05, 0) is 6.42 Å². The molecule has 1 aromatic heterocycles. The number of aryl methyl sites for hydroxylation is 1. The molecule has 0 aliphatic rings. The number of amides is 1. The Kier molecular flexibility index (Phi) is 4.94. The number of ether oxygens (including phenoxy) is 1. The highest BCUT2D eigenvalue weighted by molar-refractivity contribution is 5.93. The van der Waals surface area contributed by atoms with Crippen LogP contribution in [0.1, 0.15) is 16.8 Å². The number of hydrogen-bond acceptors (Lipinski definition) is 4. The van der Waals surface area contributed by atoms with E-state index >= 15 is 0 Å². The van der Waals surface area contributed by atoms with E-state index in [1.54, 1.807) is 25.0 Å². The van der Waals surface area contributed by atoms with E-state index in [0.29, 0.717) is 25.1 Å². The number of hydrogen-bond donors (Lipinski definition) is 2. The summed E-state index contributed by atoms with van der Waals surface area (Å²) in [7, 11) is 3.37. The fourth-order valence-corrected chi connectivity index (χ4v) is 1.31. The van der Waals surface area contributed by atoms with Gasteiger partial charge in [-0.25, -0.2) is 0 Å². The fraction of sp³-hybridized carbons (Fsp3) is 0.600. The normalized spacial score (nSPS) is 12.4. The van der Waals surface area contributed by atoms with Crippen LogP contribution in [0.3, 0.4) is 0 Å². The van der Waals surface area contributed by atoms with Crippen LogP contribution >= 0.6 is 0 Å². The van der Waals surface area contributed by atoms with Gasteiger partial charge in [0.05, 0.1) is 18.4 Å². The highest BCUT2D eigenvalue weighted by Gasteiger charge is 2.08. The summed E-state index contributed by atoms with van der Waals surface area (Å²) in [5, 5.41) is 6.70. The fourth-order valence-electron chi connectivity index (χ4n) is 1.31. The molecule has 90 valence electrons. The number of carbonyl (C=O) groups excluding carboxylic acids is 1. The quantitative estimate of drug-likeness (QED) is 0.686. The summed E-state index contributed by atoms with van der Waals surface area (Å²) in [5.41, 5.74) is 6.28. The molecule has 1 rings (SSSR count). The number of nitrogens with one attached hydrogen (secondary N) is 1. The number of nitrogens with two attached hydrogens (primary N) is 1. The molecule has 1 aromatic rings. The molecule has 0 radical (unpaired) electrons. The van der Waals surface area contributed by atoms with Crippen LogP contribution in [0.15, 0.2) is 12.4 Å². The average molecular weight is 226 g/mol. The zero-order valence-corrected chi connectivity index (χ0v) is 9.64. The predicted molar refractivity (Wildman–Crippen MR) is 60.0 cm³/mol. The van der Waals surface area contributed by atoms with Gasteiger partial charge < -0.3 is 15.8 Å². The summed E-state index contributed by atoms with van der Waals surface area (Å²) in [5.74, 6) is -0.127. The molecule has 0 saturated heterocycles. The molecule has 1 atom stereocenters. The van der Waals surface area contributed by atoms with Crippen molar-refractivity contribution in [2.45, 2.75) is 12.5 Å². The van der Waals surface area contributed by atoms with E-state index in [4.69, 9.17) is 10.5 Å². The minimum absolute atomic E-state index is 0.0424. The van der Waals surface area contributed by atoms with Crippen molar-refractivity contribution >= 4 is 5.91 Å². The van der Waals surface area contributed by atoms with Crippen molar-refractivity contribution in [3.8, 4) is 0 Å². The maximum absolute atomic E-state index is 11.6. The van der Waals surface area contributed by atoms with E-state index in [1.807, 2.05) is 0 Å². The van der Waals surface area contributed by atoms with Crippen LogP contribution in [0.2, 0.25) is 0 Å². The first-order valence-corrected chi connectivity index (χ1v) is 5.15. The van der Waals surface area contributed by atoms with Crippen molar-refractivity contribution < 1.29 is 9.53 Å². The Balaban J connectivity index is 2.25. The molecule has 6 heteroatoms. The molecule has 1 amide bonds. The van der Waals surface area contributed by atoms with E-state index in [9.17, 15) is 4.79 Å². The van der Waals surface area contributed by atoms with Crippen LogP contribution < -0.4 is 11.1 Å². The maximum Gasteiger partial charge on any atom is 0.254 e. The summed E-state index contributed by atoms with van der Waals surface area (Å²) < 4.78 is 6.49. The Morgan fingerprint density at radius 2 is 2.50 bits per heavy atom. The molecule has 0 aliphatic carbocycles. The van der Waals surface area contributed by atoms with Gasteiger partial charge in [0.2, 0.25) is 0 Å². The van der Waals surface area contributed by atoms with Crippen molar-refractivity contribution in [1.29, 1.82) is 0 Å². The van der Waals surface area contributed by atoms with Gasteiger partial charge in [-0.3, -0.25) is 9.48 Å². The SMILES string of the molecule is COCC(N)CCNC(=O)c1cnn(C)c1. The van der Waals surface area contributed by atoms with Crippen molar-refractivity contribution in [2.24, 2.45) is 12.8 Å². The molecule has 3 N–H and O–H groups in total. The van der Waals surface area contributed by atoms with E-state index in [0.717, 1.165) is 0 Å². The van der Waals surface area contributed by atoms with Gasteiger partial charge in [0.25, 0.3) is 5.91 Å². The largest absolute Gasteiger partial charge is 0.383 e. The Hall–Kier alpha value is -1.40. The van der Waals surface area contributed by atoms with Gasteiger partial charge in [-0.2, -0.15) is 5.10 Å². The molecule has 0 spiro atoms. The van der Waals surface area contributed by atoms with Gasteiger partial charge in [0.15, 0.2) is 0 Å². The summed E-state index contributed by atoms with van der Waals surface area (Å²) in [6, 6.07) is -0.0424. The lowest BCUT2D eigenvalue weighted by atomic mass is 10.2. The molecule has 16 heavy (non-hydrogen) atoms. The van der Waals surface area contributed by atoms with Gasteiger partial charge in [-0.15, -0.1) is 0 Å². The van der Waals surface area contributed by atoms with Gasteiger partial charge >= 0.3 is 0 Å². The molecular weight excluding hydrogens is 208 g/mol. The smallest absolute Gasteiger partial charge is 0.254 e. The first kappa shape index (κ1) is 12.7. The Labute approximate surface area is 94.8 Å². The summed E-state index contributed by atoms with van der Waals surface area (Å²) in [4.78, 5) is 11.6. The standard InChI is InChI=1S/C10H18N4O2/c1-14-6-8(5-13-14)10(15)12-4-3-9(11)7-16-2/h5-6,9H,3-4,7,11H2,1-2H3,(H,12,15). The second-order valence-corrected chi connectivity index (χ2v) is 3.66. The van der Waals surface area contributed by atoms with Crippen molar-refractivity contribution in [3.63, 3.8) is 0 Å². The van der Waals surface area contributed by atoms with Crippen LogP contribution in [0.25, 0.3) is 0 Å². The molecule has 1 unspecified atom stereocenters. The van der Waals surface area contributed by atoms with Crippen LogP contribution in [-0.2, 0) is 11.8 Å². The second kappa shape index (κ2) is 6.24. The minimum atomic E-state index is -0.127. The first-order chi connectivity index (χ1) is 7.63. The molecular formula is C10H18N4O2. The summed E-state index contributed by atoms with van der Waals surface area (Å²) >= 11 is 0. The van der Waals surface area contributed by atoms with Crippen molar-refractivity contribution in [3.05, 3.63) is 18.0 Å². The topological polar surface area (TPSA) is 82.2 Å². The van der Waals surface area contributed by atoms with E-state index in [1.165, 1.54) is 6.20 Å². The number of rotatable bonds is 6. The minimum Gasteiger partial charge on any atom is -0.383 e. The van der Waals surface area contributed by atoms with E-state index in [2.05, 4.69) is 10.4 Å². The van der Waals surface area contributed by atoms with Gasteiger partial charge in [0.1, 0.15) is 0 Å². The summed E-state index contributed by atoms with van der Waals surface area (Å²) in [6.07, 6.45) is 3.90. The zero-order chi connectivity index (χ0) is 12.0. The van der Waals surface area contributed by atoms with Crippen LogP contribution in [0, 0.1) is 0 Å². The summed E-state index contributed by atoms with van der Waals surface area (Å²) in [6.45, 7) is 1.04. The van der Waals surface area contributed by atoms with E-state index in [-0.39, 0.29) is 11.9 Å². The lowest BCUT2D eigenvalue weighted by Gasteiger charge is -2.10. The number of carbonyl (C=O) groups is 1. The van der Waals surface area contributed by atoms with Crippen molar-refractivity contribution in [1.82, 2.24) is 15.1 Å². The predicted octanol–water partition coefficient (Wildman–Crippen LogP) is -0.486.